The smallest absolute Gasteiger partial charge is 0.343 e. The van der Waals surface area contributed by atoms with Crippen molar-refractivity contribution in [3.63, 3.8) is 0 Å². The van der Waals surface area contributed by atoms with E-state index in [-0.39, 0.29) is 22.8 Å². The minimum atomic E-state index is -0.957. The molecule has 5 aromatic rings. The van der Waals surface area contributed by atoms with Gasteiger partial charge in [0.05, 0.1) is 10.3 Å². The topological polar surface area (TPSA) is 107 Å². The SMILES string of the molecule is CNC(=O)[C@H](CSC(c1ccccc1)(c1ccccc1)c1ccccc1)N(C)C(=O)/C(C#N)=C/c1c(C)c2cc3c4c(c2oc1=O)CCCN4CCC3. The first-order valence-corrected chi connectivity index (χ1v) is 19.0. The van der Waals surface area contributed by atoms with E-state index in [1.54, 1.807) is 11.8 Å². The van der Waals surface area contributed by atoms with Crippen molar-refractivity contribution >= 4 is 46.3 Å². The maximum absolute atomic E-state index is 14.2. The molecule has 0 saturated heterocycles. The highest BCUT2D eigenvalue weighted by Gasteiger charge is 2.40. The number of hydrogen-bond acceptors (Lipinski definition) is 7. The molecule has 0 spiro atoms. The molecule has 1 N–H and O–H groups in total. The van der Waals surface area contributed by atoms with Crippen LogP contribution in [0.5, 0.6) is 0 Å². The normalized spacial score (nSPS) is 14.6. The second-order valence-corrected chi connectivity index (χ2v) is 14.9. The highest BCUT2D eigenvalue weighted by atomic mass is 32.2. The Morgan fingerprint density at radius 1 is 0.962 bits per heavy atom. The molecule has 0 aliphatic carbocycles. The largest absolute Gasteiger partial charge is 0.422 e. The summed E-state index contributed by atoms with van der Waals surface area (Å²) in [6.07, 6.45) is 5.16. The molecule has 268 valence electrons. The van der Waals surface area contributed by atoms with E-state index >= 15 is 0 Å². The van der Waals surface area contributed by atoms with E-state index in [9.17, 15) is 19.6 Å². The molecule has 1 atom stereocenters. The standard InChI is InChI=1S/C44H42N4O4S/c1-29-36-25-30-15-13-23-48-24-14-22-35(39(30)48)40(36)52-43(51)37(29)26-31(27-45)42(50)47(3)38(41(49)46-2)28-53-44(32-16-7-4-8-17-32,33-18-9-5-10-19-33)34-20-11-6-12-21-34/h4-12,16-21,25-26,38H,13-15,22-24,28H2,1-3H3,(H,46,49)/b31-26+/t38-/m0/s1. The Morgan fingerprint density at radius 2 is 1.53 bits per heavy atom. The molecule has 2 amide bonds. The molecule has 3 heterocycles. The maximum atomic E-state index is 14.2. The van der Waals surface area contributed by atoms with Gasteiger partial charge in [-0.3, -0.25) is 9.59 Å². The molecule has 0 unspecified atom stereocenters. The van der Waals surface area contributed by atoms with Crippen LogP contribution in [0.1, 0.15) is 51.8 Å². The van der Waals surface area contributed by atoms with Gasteiger partial charge in [0.1, 0.15) is 23.3 Å². The lowest BCUT2D eigenvalue weighted by Crippen LogP contribution is -2.49. The average molecular weight is 723 g/mol. The van der Waals surface area contributed by atoms with E-state index in [1.165, 1.54) is 36.3 Å². The third-order valence-electron chi connectivity index (χ3n) is 10.7. The fourth-order valence-corrected chi connectivity index (χ4v) is 9.65. The Bertz CT molecular complexity index is 2200. The quantitative estimate of drug-likeness (QED) is 0.0716. The van der Waals surface area contributed by atoms with E-state index in [2.05, 4.69) is 52.7 Å². The van der Waals surface area contributed by atoms with Gasteiger partial charge in [-0.1, -0.05) is 91.0 Å². The van der Waals surface area contributed by atoms with Crippen molar-refractivity contribution in [2.24, 2.45) is 0 Å². The van der Waals surface area contributed by atoms with Gasteiger partial charge >= 0.3 is 5.63 Å². The Labute approximate surface area is 314 Å². The summed E-state index contributed by atoms with van der Waals surface area (Å²) in [7, 11) is 3.06. The highest BCUT2D eigenvalue weighted by Crippen LogP contribution is 2.49. The molecular formula is C44H42N4O4S. The number of nitriles is 1. The minimum absolute atomic E-state index is 0.161. The molecule has 4 aromatic carbocycles. The molecule has 9 heteroatoms. The molecule has 2 aliphatic heterocycles. The summed E-state index contributed by atoms with van der Waals surface area (Å²) < 4.78 is 5.27. The van der Waals surface area contributed by atoms with Crippen LogP contribution in [-0.4, -0.2) is 55.7 Å². The number of hydrogen-bond donors (Lipinski definition) is 1. The lowest BCUT2D eigenvalue weighted by molar-refractivity contribution is -0.134. The summed E-state index contributed by atoms with van der Waals surface area (Å²) in [5.74, 6) is -0.842. The highest BCUT2D eigenvalue weighted by molar-refractivity contribution is 8.00. The number of amides is 2. The zero-order chi connectivity index (χ0) is 37.1. The summed E-state index contributed by atoms with van der Waals surface area (Å²) in [6, 6.07) is 33.5. The number of carbonyl (C=O) groups is 2. The van der Waals surface area contributed by atoms with Crippen molar-refractivity contribution in [2.45, 2.75) is 43.4 Å². The van der Waals surface area contributed by atoms with Gasteiger partial charge in [0, 0.05) is 49.6 Å². The number of nitrogens with zero attached hydrogens (tertiary/aromatic N) is 3. The number of likely N-dealkylation sites (N-methyl/N-ethyl adjacent to an activating group) is 2. The molecule has 7 rings (SSSR count). The molecule has 2 aliphatic rings. The summed E-state index contributed by atoms with van der Waals surface area (Å²) in [4.78, 5) is 45.1. The number of aryl methyl sites for hydroxylation is 3. The zero-order valence-corrected chi connectivity index (χ0v) is 31.0. The van der Waals surface area contributed by atoms with Crippen LogP contribution in [-0.2, 0) is 27.2 Å². The van der Waals surface area contributed by atoms with Crippen LogP contribution in [0.2, 0.25) is 0 Å². The van der Waals surface area contributed by atoms with Gasteiger partial charge in [-0.05, 0) is 72.6 Å². The van der Waals surface area contributed by atoms with E-state index in [1.807, 2.05) is 67.6 Å². The Balaban J connectivity index is 1.26. The summed E-state index contributed by atoms with van der Waals surface area (Å²) in [5, 5.41) is 13.9. The van der Waals surface area contributed by atoms with Crippen LogP contribution in [0.3, 0.4) is 0 Å². The van der Waals surface area contributed by atoms with Gasteiger partial charge in [0.25, 0.3) is 5.91 Å². The van der Waals surface area contributed by atoms with Crippen LogP contribution in [0.25, 0.3) is 17.0 Å². The molecule has 0 radical (unpaired) electrons. The lowest BCUT2D eigenvalue weighted by Gasteiger charge is -2.37. The van der Waals surface area contributed by atoms with E-state index in [0.717, 1.165) is 66.4 Å². The summed E-state index contributed by atoms with van der Waals surface area (Å²) >= 11 is 1.55. The number of fused-ring (bicyclic) bond motifs is 2. The molecule has 1 aromatic heterocycles. The fraction of sp³-hybridized carbons (Fsp3) is 0.273. The second kappa shape index (κ2) is 15.2. The van der Waals surface area contributed by atoms with Gasteiger partial charge in [-0.15, -0.1) is 11.8 Å². The molecule has 0 bridgehead atoms. The predicted octanol–water partition coefficient (Wildman–Crippen LogP) is 7.01. The van der Waals surface area contributed by atoms with E-state index < -0.39 is 22.3 Å². The number of nitrogens with one attached hydrogen (secondary N) is 1. The number of thioether (sulfide) groups is 1. The van der Waals surface area contributed by atoms with E-state index in [0.29, 0.717) is 11.1 Å². The number of anilines is 1. The van der Waals surface area contributed by atoms with Crippen molar-refractivity contribution in [1.82, 2.24) is 10.2 Å². The molecule has 0 fully saturated rings. The van der Waals surface area contributed by atoms with Crippen molar-refractivity contribution in [1.29, 1.82) is 5.26 Å². The average Bonchev–Trinajstić information content (AvgIpc) is 3.20. The van der Waals surface area contributed by atoms with Crippen molar-refractivity contribution < 1.29 is 14.0 Å². The van der Waals surface area contributed by atoms with Gasteiger partial charge in [-0.2, -0.15) is 5.26 Å². The third-order valence-corrected chi connectivity index (χ3v) is 12.3. The Kier molecular flexibility index (Phi) is 10.3. The molecular weight excluding hydrogens is 681 g/mol. The molecule has 53 heavy (non-hydrogen) atoms. The van der Waals surface area contributed by atoms with E-state index in [4.69, 9.17) is 4.42 Å². The lowest BCUT2D eigenvalue weighted by atomic mass is 9.84. The first-order valence-electron chi connectivity index (χ1n) is 18.1. The van der Waals surface area contributed by atoms with Gasteiger partial charge in [0.15, 0.2) is 0 Å². The van der Waals surface area contributed by atoms with Crippen LogP contribution in [0.4, 0.5) is 5.69 Å². The van der Waals surface area contributed by atoms with Gasteiger partial charge in [-0.25, -0.2) is 4.79 Å². The van der Waals surface area contributed by atoms with Crippen molar-refractivity contribution in [3.8, 4) is 6.07 Å². The minimum Gasteiger partial charge on any atom is -0.422 e. The second-order valence-electron chi connectivity index (χ2n) is 13.7. The maximum Gasteiger partial charge on any atom is 0.343 e. The zero-order valence-electron chi connectivity index (χ0n) is 30.2. The predicted molar refractivity (Wildman–Crippen MR) is 212 cm³/mol. The first kappa shape index (κ1) is 35.8. The molecule has 8 nitrogen and oxygen atoms in total. The number of benzene rings is 4. The van der Waals surface area contributed by atoms with Crippen molar-refractivity contribution in [3.05, 3.63) is 152 Å². The van der Waals surface area contributed by atoms with Crippen molar-refractivity contribution in [2.75, 3.05) is 37.8 Å². The van der Waals surface area contributed by atoms with Crippen LogP contribution in [0, 0.1) is 18.3 Å². The monoisotopic (exact) mass is 722 g/mol. The third kappa shape index (κ3) is 6.53. The fourth-order valence-electron chi connectivity index (χ4n) is 7.96. The van der Waals surface area contributed by atoms with Crippen LogP contribution < -0.4 is 15.8 Å². The number of rotatable bonds is 10. The van der Waals surface area contributed by atoms with Gasteiger partial charge in [0.2, 0.25) is 5.91 Å². The Hall–Kier alpha value is -5.59. The summed E-state index contributed by atoms with van der Waals surface area (Å²) in [5.41, 5.74) is 7.13. The van der Waals surface area contributed by atoms with Crippen LogP contribution >= 0.6 is 11.8 Å². The number of carbonyl (C=O) groups excluding carboxylic acids is 2. The van der Waals surface area contributed by atoms with Crippen LogP contribution in [0.15, 0.2) is 112 Å². The van der Waals surface area contributed by atoms with Gasteiger partial charge < -0.3 is 19.5 Å². The summed E-state index contributed by atoms with van der Waals surface area (Å²) in [6.45, 7) is 3.84. The molecule has 0 saturated carbocycles. The first-order chi connectivity index (χ1) is 25.8. The Morgan fingerprint density at radius 3 is 2.08 bits per heavy atom.